The van der Waals surface area contributed by atoms with Crippen molar-refractivity contribution in [2.45, 2.75) is 20.0 Å². The van der Waals surface area contributed by atoms with Crippen LogP contribution in [0.25, 0.3) is 0 Å². The number of rotatable bonds is 4. The summed E-state index contributed by atoms with van der Waals surface area (Å²) >= 11 is 3.39. The van der Waals surface area contributed by atoms with E-state index in [1.165, 1.54) is 0 Å². The van der Waals surface area contributed by atoms with E-state index in [0.29, 0.717) is 13.1 Å². The third-order valence-corrected chi connectivity index (χ3v) is 3.02. The number of nitrogens with zero attached hydrogens (tertiary/aromatic N) is 2. The van der Waals surface area contributed by atoms with Gasteiger partial charge in [0.05, 0.1) is 5.69 Å². The zero-order valence-corrected chi connectivity index (χ0v) is 11.6. The normalized spacial score (nSPS) is 10.3. The lowest BCUT2D eigenvalue weighted by molar-refractivity contribution is 0.727. The fraction of sp³-hybridized carbons (Fsp3) is 0.231. The highest BCUT2D eigenvalue weighted by Crippen LogP contribution is 2.11. The van der Waals surface area contributed by atoms with Gasteiger partial charge in [0.2, 0.25) is 0 Å². The Morgan fingerprint density at radius 1 is 1.39 bits per heavy atom. The van der Waals surface area contributed by atoms with Crippen LogP contribution in [0, 0.1) is 0 Å². The largest absolute Gasteiger partial charge is 0.380 e. The molecule has 0 fully saturated rings. The standard InChI is InChI=1S/C13H14BrN3O/c1-2-17-9-12(3-4-13(17)18)16-7-10-5-11(14)8-15-6-10/h3-6,8-9,16H,2,7H2,1H3. The van der Waals surface area contributed by atoms with Gasteiger partial charge in [0.15, 0.2) is 0 Å². The molecule has 0 radical (unpaired) electrons. The SMILES string of the molecule is CCn1cc(NCc2cncc(Br)c2)ccc1=O. The minimum atomic E-state index is 0.0205. The lowest BCUT2D eigenvalue weighted by Gasteiger charge is -2.08. The van der Waals surface area contributed by atoms with Gasteiger partial charge in [-0.15, -0.1) is 0 Å². The molecule has 0 saturated heterocycles. The summed E-state index contributed by atoms with van der Waals surface area (Å²) in [4.78, 5) is 15.5. The Morgan fingerprint density at radius 3 is 2.94 bits per heavy atom. The summed E-state index contributed by atoms with van der Waals surface area (Å²) in [6, 6.07) is 5.38. The van der Waals surface area contributed by atoms with E-state index in [1.807, 2.05) is 25.4 Å². The van der Waals surface area contributed by atoms with Gasteiger partial charge in [-0.05, 0) is 40.5 Å². The van der Waals surface area contributed by atoms with Gasteiger partial charge in [0, 0.05) is 42.2 Å². The summed E-state index contributed by atoms with van der Waals surface area (Å²) in [5, 5.41) is 3.27. The number of nitrogens with one attached hydrogen (secondary N) is 1. The number of pyridine rings is 2. The maximum atomic E-state index is 11.4. The maximum absolute atomic E-state index is 11.4. The second-order valence-electron chi connectivity index (χ2n) is 3.91. The molecule has 0 saturated carbocycles. The maximum Gasteiger partial charge on any atom is 0.250 e. The van der Waals surface area contributed by atoms with E-state index >= 15 is 0 Å². The summed E-state index contributed by atoms with van der Waals surface area (Å²) in [6.45, 7) is 3.30. The third-order valence-electron chi connectivity index (χ3n) is 2.58. The smallest absolute Gasteiger partial charge is 0.250 e. The molecule has 4 nitrogen and oxygen atoms in total. The van der Waals surface area contributed by atoms with Crippen LogP contribution in [0.3, 0.4) is 0 Å². The average Bonchev–Trinajstić information content (AvgIpc) is 2.38. The van der Waals surface area contributed by atoms with Crippen LogP contribution >= 0.6 is 15.9 Å². The van der Waals surface area contributed by atoms with Crippen LogP contribution in [0.2, 0.25) is 0 Å². The van der Waals surface area contributed by atoms with Crippen LogP contribution < -0.4 is 10.9 Å². The average molecular weight is 308 g/mol. The first-order valence-electron chi connectivity index (χ1n) is 5.73. The summed E-state index contributed by atoms with van der Waals surface area (Å²) < 4.78 is 2.63. The molecular formula is C13H14BrN3O. The van der Waals surface area contributed by atoms with E-state index in [0.717, 1.165) is 15.7 Å². The van der Waals surface area contributed by atoms with Gasteiger partial charge < -0.3 is 9.88 Å². The summed E-state index contributed by atoms with van der Waals surface area (Å²) in [5.74, 6) is 0. The number of aromatic nitrogens is 2. The lowest BCUT2D eigenvalue weighted by Crippen LogP contribution is -2.17. The Kier molecular flexibility index (Phi) is 4.15. The molecule has 0 aliphatic rings. The molecule has 0 aliphatic heterocycles. The van der Waals surface area contributed by atoms with Crippen LogP contribution in [0.1, 0.15) is 12.5 Å². The van der Waals surface area contributed by atoms with Gasteiger partial charge >= 0.3 is 0 Å². The molecule has 2 heterocycles. The first-order chi connectivity index (χ1) is 8.69. The van der Waals surface area contributed by atoms with Gasteiger partial charge in [-0.25, -0.2) is 0 Å². The Labute approximate surface area is 114 Å². The fourth-order valence-electron chi connectivity index (χ4n) is 1.64. The Hall–Kier alpha value is -1.62. The van der Waals surface area contributed by atoms with Gasteiger partial charge in [-0.2, -0.15) is 0 Å². The Balaban J connectivity index is 2.08. The molecule has 2 aromatic rings. The van der Waals surface area contributed by atoms with Crippen molar-refractivity contribution in [3.63, 3.8) is 0 Å². The Bertz CT molecular complexity index is 595. The van der Waals surface area contributed by atoms with Gasteiger partial charge in [0.1, 0.15) is 0 Å². The molecule has 2 rings (SSSR count). The minimum absolute atomic E-state index is 0.0205. The molecule has 18 heavy (non-hydrogen) atoms. The molecule has 0 bridgehead atoms. The second kappa shape index (κ2) is 5.82. The van der Waals surface area contributed by atoms with E-state index in [9.17, 15) is 4.79 Å². The predicted molar refractivity (Wildman–Crippen MR) is 75.6 cm³/mol. The van der Waals surface area contributed by atoms with E-state index < -0.39 is 0 Å². The minimum Gasteiger partial charge on any atom is -0.380 e. The van der Waals surface area contributed by atoms with Crippen molar-refractivity contribution in [3.05, 3.63) is 57.2 Å². The van der Waals surface area contributed by atoms with Crippen molar-refractivity contribution in [2.75, 3.05) is 5.32 Å². The molecular weight excluding hydrogens is 294 g/mol. The fourth-order valence-corrected chi connectivity index (χ4v) is 2.05. The molecule has 0 spiro atoms. The monoisotopic (exact) mass is 307 g/mol. The molecule has 0 atom stereocenters. The van der Waals surface area contributed by atoms with Crippen molar-refractivity contribution >= 4 is 21.6 Å². The van der Waals surface area contributed by atoms with Gasteiger partial charge in [-0.1, -0.05) is 0 Å². The van der Waals surface area contributed by atoms with Crippen LogP contribution in [0.4, 0.5) is 5.69 Å². The second-order valence-corrected chi connectivity index (χ2v) is 4.82. The molecule has 0 aliphatic carbocycles. The van der Waals surface area contributed by atoms with Gasteiger partial charge in [0.25, 0.3) is 5.56 Å². The number of aryl methyl sites for hydroxylation is 1. The zero-order valence-electron chi connectivity index (χ0n) is 10.1. The number of hydrogen-bond donors (Lipinski definition) is 1. The first-order valence-corrected chi connectivity index (χ1v) is 6.52. The molecule has 0 amide bonds. The molecule has 0 unspecified atom stereocenters. The molecule has 0 aromatic carbocycles. The van der Waals surface area contributed by atoms with Crippen LogP contribution in [-0.4, -0.2) is 9.55 Å². The van der Waals surface area contributed by atoms with Crippen molar-refractivity contribution in [1.82, 2.24) is 9.55 Å². The number of hydrogen-bond acceptors (Lipinski definition) is 3. The molecule has 94 valence electrons. The Morgan fingerprint density at radius 2 is 2.22 bits per heavy atom. The van der Waals surface area contributed by atoms with Gasteiger partial charge in [-0.3, -0.25) is 9.78 Å². The van der Waals surface area contributed by atoms with Crippen molar-refractivity contribution in [2.24, 2.45) is 0 Å². The van der Waals surface area contributed by atoms with Crippen molar-refractivity contribution < 1.29 is 0 Å². The number of halogens is 1. The van der Waals surface area contributed by atoms with Crippen LogP contribution in [0.5, 0.6) is 0 Å². The third kappa shape index (κ3) is 3.20. The highest BCUT2D eigenvalue weighted by Gasteiger charge is 1.98. The summed E-state index contributed by atoms with van der Waals surface area (Å²) in [7, 11) is 0. The molecule has 1 N–H and O–H groups in total. The predicted octanol–water partition coefficient (Wildman–Crippen LogP) is 2.64. The highest BCUT2D eigenvalue weighted by molar-refractivity contribution is 9.10. The summed E-state index contributed by atoms with van der Waals surface area (Å²) in [6.07, 6.45) is 5.39. The first kappa shape index (κ1) is 12.8. The highest BCUT2D eigenvalue weighted by atomic mass is 79.9. The van der Waals surface area contributed by atoms with E-state index in [-0.39, 0.29) is 5.56 Å². The summed E-state index contributed by atoms with van der Waals surface area (Å²) in [5.41, 5.74) is 2.03. The van der Waals surface area contributed by atoms with E-state index in [4.69, 9.17) is 0 Å². The van der Waals surface area contributed by atoms with E-state index in [1.54, 1.807) is 22.9 Å². The van der Waals surface area contributed by atoms with Crippen molar-refractivity contribution in [3.8, 4) is 0 Å². The quantitative estimate of drug-likeness (QED) is 0.944. The van der Waals surface area contributed by atoms with Crippen LogP contribution in [-0.2, 0) is 13.1 Å². The molecule has 2 aromatic heterocycles. The van der Waals surface area contributed by atoms with E-state index in [2.05, 4.69) is 26.2 Å². The van der Waals surface area contributed by atoms with Crippen LogP contribution in [0.15, 0.2) is 46.1 Å². The zero-order chi connectivity index (χ0) is 13.0. The number of anilines is 1. The van der Waals surface area contributed by atoms with Crippen molar-refractivity contribution in [1.29, 1.82) is 0 Å². The topological polar surface area (TPSA) is 46.9 Å². The lowest BCUT2D eigenvalue weighted by atomic mass is 10.3. The molecule has 5 heteroatoms.